The van der Waals surface area contributed by atoms with Crippen molar-refractivity contribution in [2.75, 3.05) is 19.2 Å². The van der Waals surface area contributed by atoms with E-state index < -0.39 is 6.04 Å². The second kappa shape index (κ2) is 10.3. The van der Waals surface area contributed by atoms with Crippen LogP contribution in [0, 0.1) is 0 Å². The zero-order valence-electron chi connectivity index (χ0n) is 19.5. The maximum atomic E-state index is 13.3. The number of hydrogen-bond acceptors (Lipinski definition) is 4. The molecule has 1 aliphatic rings. The fourth-order valence-electron chi connectivity index (χ4n) is 3.78. The summed E-state index contributed by atoms with van der Waals surface area (Å²) in [6, 6.07) is 21.7. The number of carbonyl (C=O) groups excluding carboxylic acids is 2. The molecule has 0 spiro atoms. The van der Waals surface area contributed by atoms with Gasteiger partial charge in [0.2, 0.25) is 12.7 Å². The summed E-state index contributed by atoms with van der Waals surface area (Å²) in [5.74, 6) is 1.16. The Morgan fingerprint density at radius 3 is 2.32 bits per heavy atom. The average molecular weight is 457 g/mol. The summed E-state index contributed by atoms with van der Waals surface area (Å²) in [5, 5.41) is 2.96. The van der Waals surface area contributed by atoms with Crippen LogP contribution in [-0.2, 0) is 9.59 Å². The van der Waals surface area contributed by atoms with Gasteiger partial charge in [0.05, 0.1) is 0 Å². The Kier molecular flexibility index (Phi) is 6.97. The molecule has 0 aromatic heterocycles. The van der Waals surface area contributed by atoms with E-state index in [2.05, 4.69) is 19.2 Å². The largest absolute Gasteiger partial charge is 0.454 e. The SMILES string of the molecule is CC(C)c1ccc(NC(=O)C(c2ccccc2)N(C)C(=O)/C=C/c2ccc3c(c2)OCO3)cc1. The molecule has 0 radical (unpaired) electrons. The molecule has 174 valence electrons. The Bertz CT molecular complexity index is 1190. The Labute approximate surface area is 199 Å². The maximum absolute atomic E-state index is 13.3. The first-order chi connectivity index (χ1) is 16.4. The Hall–Kier alpha value is -4.06. The van der Waals surface area contributed by atoms with E-state index in [1.165, 1.54) is 16.5 Å². The first-order valence-corrected chi connectivity index (χ1v) is 11.2. The van der Waals surface area contributed by atoms with Gasteiger partial charge < -0.3 is 19.7 Å². The van der Waals surface area contributed by atoms with Crippen LogP contribution >= 0.6 is 0 Å². The van der Waals surface area contributed by atoms with E-state index in [0.717, 1.165) is 11.1 Å². The molecule has 0 aliphatic carbocycles. The van der Waals surface area contributed by atoms with Crippen molar-refractivity contribution in [3.63, 3.8) is 0 Å². The van der Waals surface area contributed by atoms with Gasteiger partial charge in [-0.3, -0.25) is 9.59 Å². The number of amides is 2. The van der Waals surface area contributed by atoms with Crippen LogP contribution in [0.3, 0.4) is 0 Å². The highest BCUT2D eigenvalue weighted by Gasteiger charge is 2.28. The number of fused-ring (bicyclic) bond motifs is 1. The van der Waals surface area contributed by atoms with Crippen LogP contribution in [0.15, 0.2) is 78.9 Å². The molecule has 1 N–H and O–H groups in total. The van der Waals surface area contributed by atoms with Crippen molar-refractivity contribution < 1.29 is 19.1 Å². The zero-order valence-corrected chi connectivity index (χ0v) is 19.5. The third-order valence-corrected chi connectivity index (χ3v) is 5.76. The van der Waals surface area contributed by atoms with Crippen LogP contribution in [0.5, 0.6) is 11.5 Å². The maximum Gasteiger partial charge on any atom is 0.251 e. The first kappa shape index (κ1) is 23.1. The van der Waals surface area contributed by atoms with Gasteiger partial charge in [-0.05, 0) is 52.9 Å². The molecule has 1 heterocycles. The lowest BCUT2D eigenvalue weighted by Crippen LogP contribution is -2.37. The molecule has 0 saturated carbocycles. The van der Waals surface area contributed by atoms with Crippen LogP contribution in [0.4, 0.5) is 5.69 Å². The summed E-state index contributed by atoms with van der Waals surface area (Å²) in [5.41, 5.74) is 3.41. The number of ether oxygens (including phenoxy) is 2. The molecule has 6 nitrogen and oxygen atoms in total. The van der Waals surface area contributed by atoms with Crippen molar-refractivity contribution in [3.8, 4) is 11.5 Å². The summed E-state index contributed by atoms with van der Waals surface area (Å²) in [7, 11) is 1.63. The van der Waals surface area contributed by atoms with Crippen LogP contribution in [0.2, 0.25) is 0 Å². The highest BCUT2D eigenvalue weighted by atomic mass is 16.7. The van der Waals surface area contributed by atoms with E-state index in [1.54, 1.807) is 19.2 Å². The third kappa shape index (κ3) is 5.29. The number of nitrogens with one attached hydrogen (secondary N) is 1. The van der Waals surface area contributed by atoms with Gasteiger partial charge in [-0.2, -0.15) is 0 Å². The standard InChI is InChI=1S/C28H28N2O4/c1-19(2)21-11-13-23(14-12-21)29-28(32)27(22-7-5-4-6-8-22)30(3)26(31)16-10-20-9-15-24-25(17-20)34-18-33-24/h4-17,19,27H,18H2,1-3H3,(H,29,32)/b16-10+. The van der Waals surface area contributed by atoms with Gasteiger partial charge in [0, 0.05) is 18.8 Å². The van der Waals surface area contributed by atoms with Gasteiger partial charge in [0.15, 0.2) is 11.5 Å². The molecule has 1 aliphatic heterocycles. The molecule has 6 heteroatoms. The molecule has 0 fully saturated rings. The minimum Gasteiger partial charge on any atom is -0.454 e. The van der Waals surface area contributed by atoms with Crippen LogP contribution in [-0.4, -0.2) is 30.6 Å². The van der Waals surface area contributed by atoms with Gasteiger partial charge in [0.1, 0.15) is 6.04 Å². The smallest absolute Gasteiger partial charge is 0.251 e. The van der Waals surface area contributed by atoms with E-state index in [9.17, 15) is 9.59 Å². The van der Waals surface area contributed by atoms with Crippen LogP contribution < -0.4 is 14.8 Å². The Morgan fingerprint density at radius 1 is 0.912 bits per heavy atom. The number of hydrogen-bond donors (Lipinski definition) is 1. The van der Waals surface area contributed by atoms with Gasteiger partial charge >= 0.3 is 0 Å². The minimum atomic E-state index is -0.792. The lowest BCUT2D eigenvalue weighted by atomic mass is 10.0. The van der Waals surface area contributed by atoms with E-state index in [1.807, 2.05) is 66.7 Å². The fraction of sp³-hybridized carbons (Fsp3) is 0.214. The quantitative estimate of drug-likeness (QED) is 0.484. The molecule has 34 heavy (non-hydrogen) atoms. The predicted octanol–water partition coefficient (Wildman–Crippen LogP) is 5.39. The van der Waals surface area contributed by atoms with Gasteiger partial charge in [-0.25, -0.2) is 0 Å². The lowest BCUT2D eigenvalue weighted by Gasteiger charge is -2.27. The fourth-order valence-corrected chi connectivity index (χ4v) is 3.78. The minimum absolute atomic E-state index is 0.193. The molecule has 2 amide bonds. The Morgan fingerprint density at radius 2 is 1.62 bits per heavy atom. The lowest BCUT2D eigenvalue weighted by molar-refractivity contribution is -0.133. The van der Waals surface area contributed by atoms with Crippen LogP contribution in [0.1, 0.15) is 42.5 Å². The molecule has 0 saturated heterocycles. The summed E-state index contributed by atoms with van der Waals surface area (Å²) in [6.45, 7) is 4.44. The number of anilines is 1. The van der Waals surface area contributed by atoms with Crippen molar-refractivity contribution in [1.82, 2.24) is 4.90 Å². The first-order valence-electron chi connectivity index (χ1n) is 11.2. The highest BCUT2D eigenvalue weighted by molar-refractivity contribution is 6.00. The van der Waals surface area contributed by atoms with Crippen molar-refractivity contribution in [2.24, 2.45) is 0 Å². The Balaban J connectivity index is 1.52. The summed E-state index contributed by atoms with van der Waals surface area (Å²) in [6.07, 6.45) is 3.16. The number of rotatable bonds is 7. The van der Waals surface area contributed by atoms with E-state index in [4.69, 9.17) is 9.47 Å². The van der Waals surface area contributed by atoms with E-state index in [0.29, 0.717) is 23.1 Å². The zero-order chi connectivity index (χ0) is 24.1. The summed E-state index contributed by atoms with van der Waals surface area (Å²) < 4.78 is 10.7. The van der Waals surface area contributed by atoms with E-state index >= 15 is 0 Å². The summed E-state index contributed by atoms with van der Waals surface area (Å²) >= 11 is 0. The topological polar surface area (TPSA) is 67.9 Å². The number of likely N-dealkylation sites (N-methyl/N-ethyl adjacent to an activating group) is 1. The average Bonchev–Trinajstić information content (AvgIpc) is 3.31. The van der Waals surface area contributed by atoms with Crippen molar-refractivity contribution in [2.45, 2.75) is 25.8 Å². The number of benzene rings is 3. The molecule has 1 unspecified atom stereocenters. The predicted molar refractivity (Wildman–Crippen MR) is 133 cm³/mol. The van der Waals surface area contributed by atoms with Gasteiger partial charge in [-0.1, -0.05) is 62.4 Å². The molecular formula is C28H28N2O4. The van der Waals surface area contributed by atoms with Crippen molar-refractivity contribution >= 4 is 23.6 Å². The van der Waals surface area contributed by atoms with Crippen molar-refractivity contribution in [1.29, 1.82) is 0 Å². The van der Waals surface area contributed by atoms with Crippen molar-refractivity contribution in [3.05, 3.63) is 95.6 Å². The monoisotopic (exact) mass is 456 g/mol. The molecule has 0 bridgehead atoms. The van der Waals surface area contributed by atoms with Gasteiger partial charge in [-0.15, -0.1) is 0 Å². The molecular weight excluding hydrogens is 428 g/mol. The third-order valence-electron chi connectivity index (χ3n) is 5.76. The molecule has 4 rings (SSSR count). The number of carbonyl (C=O) groups is 2. The molecule has 3 aromatic rings. The summed E-state index contributed by atoms with van der Waals surface area (Å²) in [4.78, 5) is 27.8. The second-order valence-electron chi connectivity index (χ2n) is 8.47. The number of nitrogens with zero attached hydrogens (tertiary/aromatic N) is 1. The molecule has 1 atom stereocenters. The van der Waals surface area contributed by atoms with Crippen LogP contribution in [0.25, 0.3) is 6.08 Å². The second-order valence-corrected chi connectivity index (χ2v) is 8.47. The normalized spacial score (nSPS) is 13.2. The highest BCUT2D eigenvalue weighted by Crippen LogP contribution is 2.33. The van der Waals surface area contributed by atoms with Gasteiger partial charge in [0.25, 0.3) is 5.91 Å². The van der Waals surface area contributed by atoms with E-state index in [-0.39, 0.29) is 18.6 Å². The molecule has 3 aromatic carbocycles.